The standard InChI is InChI=1S/C22H23NO2/c1-14-6-2-4-8-16(14)21-11-10-18(15-7-3-5-9-17(15)21)22(20(24)25)13-23-12-19(21)22/h2-9,18-19,23H,10-13H2,1H3,(H,24,25). The number of carboxylic acid groups (broad SMARTS) is 1. The van der Waals surface area contributed by atoms with Crippen LogP contribution in [0.2, 0.25) is 0 Å². The van der Waals surface area contributed by atoms with E-state index in [1.165, 1.54) is 22.3 Å². The first kappa shape index (κ1) is 15.2. The number of aliphatic carboxylic acids is 1. The van der Waals surface area contributed by atoms with Crippen LogP contribution in [0.1, 0.15) is 41.0 Å². The summed E-state index contributed by atoms with van der Waals surface area (Å²) < 4.78 is 0. The highest BCUT2D eigenvalue weighted by molar-refractivity contribution is 5.80. The SMILES string of the molecule is Cc1ccccc1C12CCC(c3ccccc31)C1(C(=O)O)CNCC21. The van der Waals surface area contributed by atoms with E-state index in [4.69, 9.17) is 0 Å². The van der Waals surface area contributed by atoms with Crippen molar-refractivity contribution >= 4 is 5.97 Å². The van der Waals surface area contributed by atoms with Crippen LogP contribution >= 0.6 is 0 Å². The fraction of sp³-hybridized carbons (Fsp3) is 0.409. The Morgan fingerprint density at radius 1 is 1.12 bits per heavy atom. The van der Waals surface area contributed by atoms with Crippen LogP contribution in [0.5, 0.6) is 0 Å². The summed E-state index contributed by atoms with van der Waals surface area (Å²) in [5.74, 6) is -0.404. The number of hydrogen-bond acceptors (Lipinski definition) is 2. The molecule has 4 unspecified atom stereocenters. The lowest BCUT2D eigenvalue weighted by Crippen LogP contribution is -2.60. The molecule has 3 heteroatoms. The van der Waals surface area contributed by atoms with Gasteiger partial charge in [-0.25, -0.2) is 0 Å². The number of rotatable bonds is 2. The van der Waals surface area contributed by atoms with E-state index < -0.39 is 11.4 Å². The third-order valence-electron chi connectivity index (χ3n) is 7.27. The molecule has 4 atom stereocenters. The van der Waals surface area contributed by atoms with Crippen molar-refractivity contribution < 1.29 is 9.90 Å². The van der Waals surface area contributed by atoms with E-state index >= 15 is 0 Å². The predicted octanol–water partition coefficient (Wildman–Crippen LogP) is 3.46. The minimum atomic E-state index is -0.686. The van der Waals surface area contributed by atoms with E-state index in [1.807, 2.05) is 0 Å². The van der Waals surface area contributed by atoms with Crippen molar-refractivity contribution in [1.82, 2.24) is 5.32 Å². The van der Waals surface area contributed by atoms with Gasteiger partial charge in [-0.3, -0.25) is 4.79 Å². The largest absolute Gasteiger partial charge is 0.481 e. The maximum absolute atomic E-state index is 12.6. The van der Waals surface area contributed by atoms with Gasteiger partial charge in [-0.1, -0.05) is 48.5 Å². The second-order valence-corrected chi connectivity index (χ2v) is 7.99. The number of aryl methyl sites for hydroxylation is 1. The van der Waals surface area contributed by atoms with Gasteiger partial charge in [0.15, 0.2) is 0 Å². The average Bonchev–Trinajstić information content (AvgIpc) is 3.11. The molecule has 4 aliphatic rings. The Morgan fingerprint density at radius 3 is 2.60 bits per heavy atom. The Balaban J connectivity index is 1.88. The zero-order chi connectivity index (χ0) is 17.2. The molecular formula is C22H23NO2. The van der Waals surface area contributed by atoms with E-state index in [1.54, 1.807) is 0 Å². The monoisotopic (exact) mass is 333 g/mol. The molecule has 2 aromatic carbocycles. The molecule has 0 aromatic heterocycles. The van der Waals surface area contributed by atoms with Gasteiger partial charge in [-0.15, -0.1) is 0 Å². The maximum atomic E-state index is 12.6. The molecule has 1 saturated heterocycles. The lowest BCUT2D eigenvalue weighted by Gasteiger charge is -2.59. The molecule has 128 valence electrons. The van der Waals surface area contributed by atoms with Gasteiger partial charge in [0.1, 0.15) is 0 Å². The first-order valence-electron chi connectivity index (χ1n) is 9.22. The van der Waals surface area contributed by atoms with Crippen molar-refractivity contribution in [1.29, 1.82) is 0 Å². The predicted molar refractivity (Wildman–Crippen MR) is 96.8 cm³/mol. The molecule has 3 nitrogen and oxygen atoms in total. The number of carboxylic acids is 1. The van der Waals surface area contributed by atoms with Gasteiger partial charge in [0.05, 0.1) is 5.41 Å². The average molecular weight is 333 g/mol. The summed E-state index contributed by atoms with van der Waals surface area (Å²) in [7, 11) is 0. The van der Waals surface area contributed by atoms with Gasteiger partial charge < -0.3 is 10.4 Å². The summed E-state index contributed by atoms with van der Waals surface area (Å²) in [5, 5.41) is 13.8. The van der Waals surface area contributed by atoms with Gasteiger partial charge in [0.25, 0.3) is 0 Å². The van der Waals surface area contributed by atoms with Gasteiger partial charge in [-0.2, -0.15) is 0 Å². The fourth-order valence-electron chi connectivity index (χ4n) is 6.39. The van der Waals surface area contributed by atoms with E-state index in [9.17, 15) is 9.90 Å². The second kappa shape index (κ2) is 4.95. The molecule has 0 amide bonds. The van der Waals surface area contributed by atoms with E-state index in [0.29, 0.717) is 6.54 Å². The van der Waals surface area contributed by atoms with Crippen molar-refractivity contribution in [2.45, 2.75) is 31.1 Å². The van der Waals surface area contributed by atoms with Gasteiger partial charge >= 0.3 is 5.97 Å². The topological polar surface area (TPSA) is 49.3 Å². The summed E-state index contributed by atoms with van der Waals surface area (Å²) in [6.07, 6.45) is 2.00. The molecule has 6 rings (SSSR count). The van der Waals surface area contributed by atoms with E-state index in [0.717, 1.165) is 19.4 Å². The number of nitrogens with one attached hydrogen (secondary N) is 1. The maximum Gasteiger partial charge on any atom is 0.311 e. The molecule has 3 aliphatic carbocycles. The summed E-state index contributed by atoms with van der Waals surface area (Å²) in [5.41, 5.74) is 4.34. The third kappa shape index (κ3) is 1.63. The first-order valence-corrected chi connectivity index (χ1v) is 9.22. The van der Waals surface area contributed by atoms with Crippen molar-refractivity contribution in [3.05, 3.63) is 70.8 Å². The van der Waals surface area contributed by atoms with Crippen LogP contribution in [-0.4, -0.2) is 24.2 Å². The highest BCUT2D eigenvalue weighted by Gasteiger charge is 2.69. The molecule has 25 heavy (non-hydrogen) atoms. The zero-order valence-electron chi connectivity index (χ0n) is 14.5. The Labute approximate surface area is 148 Å². The summed E-state index contributed by atoms with van der Waals surface area (Å²) >= 11 is 0. The number of fused-ring (bicyclic) bond motifs is 1. The minimum Gasteiger partial charge on any atom is -0.481 e. The Bertz CT molecular complexity index is 876. The molecule has 1 aliphatic heterocycles. The normalized spacial score (nSPS) is 35.2. The van der Waals surface area contributed by atoms with Crippen LogP contribution in [0.3, 0.4) is 0 Å². The third-order valence-corrected chi connectivity index (χ3v) is 7.27. The first-order chi connectivity index (χ1) is 12.1. The van der Waals surface area contributed by atoms with Crippen LogP contribution in [0.15, 0.2) is 48.5 Å². The Hall–Kier alpha value is -2.13. The number of hydrogen-bond donors (Lipinski definition) is 2. The van der Waals surface area contributed by atoms with E-state index in [2.05, 4.69) is 60.8 Å². The lowest BCUT2D eigenvalue weighted by atomic mass is 9.42. The molecule has 2 fully saturated rings. The fourth-order valence-corrected chi connectivity index (χ4v) is 6.39. The lowest BCUT2D eigenvalue weighted by molar-refractivity contribution is -0.157. The smallest absolute Gasteiger partial charge is 0.311 e. The minimum absolute atomic E-state index is 0.104. The van der Waals surface area contributed by atoms with Crippen LogP contribution in [0, 0.1) is 18.3 Å². The molecule has 0 radical (unpaired) electrons. The van der Waals surface area contributed by atoms with Gasteiger partial charge in [-0.05, 0) is 42.0 Å². The Kier molecular flexibility index (Phi) is 3.00. The molecule has 1 heterocycles. The van der Waals surface area contributed by atoms with Crippen LogP contribution in [0.25, 0.3) is 0 Å². The summed E-state index contributed by atoms with van der Waals surface area (Å²) in [4.78, 5) is 12.6. The highest BCUT2D eigenvalue weighted by atomic mass is 16.4. The zero-order valence-corrected chi connectivity index (χ0v) is 14.5. The van der Waals surface area contributed by atoms with Crippen molar-refractivity contribution in [2.75, 3.05) is 13.1 Å². The Morgan fingerprint density at radius 2 is 1.84 bits per heavy atom. The molecule has 2 aromatic rings. The van der Waals surface area contributed by atoms with Crippen molar-refractivity contribution in [3.63, 3.8) is 0 Å². The molecule has 2 N–H and O–H groups in total. The molecule has 0 spiro atoms. The van der Waals surface area contributed by atoms with Gasteiger partial charge in [0, 0.05) is 30.3 Å². The summed E-state index contributed by atoms with van der Waals surface area (Å²) in [6, 6.07) is 17.2. The quantitative estimate of drug-likeness (QED) is 0.885. The number of benzene rings is 2. The second-order valence-electron chi connectivity index (χ2n) is 7.99. The van der Waals surface area contributed by atoms with Crippen molar-refractivity contribution in [3.8, 4) is 0 Å². The van der Waals surface area contributed by atoms with Crippen molar-refractivity contribution in [2.24, 2.45) is 11.3 Å². The van der Waals surface area contributed by atoms with E-state index in [-0.39, 0.29) is 17.3 Å². The molecule has 2 bridgehead atoms. The van der Waals surface area contributed by atoms with Crippen LogP contribution < -0.4 is 5.32 Å². The molecule has 1 saturated carbocycles. The highest BCUT2D eigenvalue weighted by Crippen LogP contribution is 2.67. The van der Waals surface area contributed by atoms with Crippen LogP contribution in [-0.2, 0) is 10.2 Å². The van der Waals surface area contributed by atoms with Crippen LogP contribution in [0.4, 0.5) is 0 Å². The molecular weight excluding hydrogens is 310 g/mol. The number of carbonyl (C=O) groups is 1. The van der Waals surface area contributed by atoms with Gasteiger partial charge in [0.2, 0.25) is 0 Å². The summed E-state index contributed by atoms with van der Waals surface area (Å²) in [6.45, 7) is 3.53.